The molecule has 31 heavy (non-hydrogen) atoms. The van der Waals surface area contributed by atoms with Crippen LogP contribution >= 0.6 is 0 Å². The average Bonchev–Trinajstić information content (AvgIpc) is 3.16. The van der Waals surface area contributed by atoms with Crippen molar-refractivity contribution in [3.63, 3.8) is 0 Å². The minimum absolute atomic E-state index is 0.00252. The predicted molar refractivity (Wildman–Crippen MR) is 113 cm³/mol. The topological polar surface area (TPSA) is 34.5 Å². The van der Waals surface area contributed by atoms with E-state index < -0.39 is 17.6 Å². The van der Waals surface area contributed by atoms with E-state index in [2.05, 4.69) is 6.07 Å². The Kier molecular flexibility index (Phi) is 7.17. The Morgan fingerprint density at radius 3 is 2.55 bits per heavy atom. The van der Waals surface area contributed by atoms with Crippen LogP contribution in [0.4, 0.5) is 13.2 Å². The van der Waals surface area contributed by atoms with Crippen LogP contribution in [0.15, 0.2) is 66.9 Å². The summed E-state index contributed by atoms with van der Waals surface area (Å²) in [4.78, 5) is 14.6. The van der Waals surface area contributed by atoms with Crippen LogP contribution in [0.25, 0.3) is 0 Å². The number of carbonyl (C=O) groups is 1. The Labute approximate surface area is 179 Å². The normalized spacial score (nSPS) is 11.5. The van der Waals surface area contributed by atoms with Crippen LogP contribution < -0.4 is 0 Å². The number of benzene rings is 2. The van der Waals surface area contributed by atoms with E-state index in [4.69, 9.17) is 4.74 Å². The van der Waals surface area contributed by atoms with Crippen LogP contribution in [-0.2, 0) is 24.0 Å². The predicted octanol–water partition coefficient (Wildman–Crippen LogP) is 5.15. The van der Waals surface area contributed by atoms with Gasteiger partial charge in [0.2, 0.25) is 0 Å². The fraction of sp³-hybridized carbons (Fsp3) is 0.292. The van der Waals surface area contributed by atoms with E-state index in [-0.39, 0.29) is 25.3 Å². The number of amides is 1. The molecule has 3 rings (SSSR count). The first kappa shape index (κ1) is 22.6. The van der Waals surface area contributed by atoms with E-state index >= 15 is 0 Å². The number of carbonyl (C=O) groups excluding carboxylic acids is 1. The van der Waals surface area contributed by atoms with Gasteiger partial charge in [0.15, 0.2) is 0 Å². The third-order valence-electron chi connectivity index (χ3n) is 5.00. The molecule has 1 aromatic heterocycles. The van der Waals surface area contributed by atoms with Crippen LogP contribution in [0.3, 0.4) is 0 Å². The van der Waals surface area contributed by atoms with E-state index in [0.29, 0.717) is 6.54 Å². The second-order valence-corrected chi connectivity index (χ2v) is 7.41. The lowest BCUT2D eigenvalue weighted by molar-refractivity contribution is -0.137. The number of rotatable bonds is 8. The van der Waals surface area contributed by atoms with Gasteiger partial charge >= 0.3 is 6.18 Å². The highest BCUT2D eigenvalue weighted by Crippen LogP contribution is 2.30. The number of methoxy groups -OCH3 is 1. The van der Waals surface area contributed by atoms with Crippen LogP contribution in [-0.4, -0.2) is 35.6 Å². The van der Waals surface area contributed by atoms with E-state index in [1.807, 2.05) is 48.0 Å². The minimum Gasteiger partial charge on any atom is -0.383 e. The van der Waals surface area contributed by atoms with Crippen molar-refractivity contribution in [3.8, 4) is 0 Å². The molecule has 0 saturated carbocycles. The van der Waals surface area contributed by atoms with Crippen molar-refractivity contribution >= 4 is 5.91 Å². The average molecular weight is 430 g/mol. The molecule has 0 aliphatic carbocycles. The SMILES string of the molecule is COCCN(Cc1cccn1Cc1cccc(C)c1)C(=O)c1cccc(C(F)(F)F)c1. The number of hydrogen-bond acceptors (Lipinski definition) is 2. The van der Waals surface area contributed by atoms with Crippen molar-refractivity contribution < 1.29 is 22.7 Å². The van der Waals surface area contributed by atoms with Crippen molar-refractivity contribution in [1.82, 2.24) is 9.47 Å². The summed E-state index contributed by atoms with van der Waals surface area (Å²) in [6.07, 6.45) is -2.57. The van der Waals surface area contributed by atoms with Gasteiger partial charge in [0, 0.05) is 37.7 Å². The van der Waals surface area contributed by atoms with Gasteiger partial charge in [-0.1, -0.05) is 35.9 Å². The highest BCUT2D eigenvalue weighted by Gasteiger charge is 2.31. The molecular formula is C24H25F3N2O2. The van der Waals surface area contributed by atoms with E-state index in [1.165, 1.54) is 24.1 Å². The monoisotopic (exact) mass is 430 g/mol. The Morgan fingerprint density at radius 2 is 1.84 bits per heavy atom. The van der Waals surface area contributed by atoms with Crippen molar-refractivity contribution in [2.45, 2.75) is 26.2 Å². The highest BCUT2D eigenvalue weighted by molar-refractivity contribution is 5.94. The number of nitrogens with zero attached hydrogens (tertiary/aromatic N) is 2. The van der Waals surface area contributed by atoms with Gasteiger partial charge in [-0.25, -0.2) is 0 Å². The summed E-state index contributed by atoms with van der Waals surface area (Å²) >= 11 is 0. The molecule has 0 unspecified atom stereocenters. The van der Waals surface area contributed by atoms with Gasteiger partial charge in [-0.15, -0.1) is 0 Å². The Morgan fingerprint density at radius 1 is 1.06 bits per heavy atom. The summed E-state index contributed by atoms with van der Waals surface area (Å²) in [6, 6.07) is 16.5. The van der Waals surface area contributed by atoms with Gasteiger partial charge in [0.1, 0.15) is 0 Å². The molecule has 1 heterocycles. The van der Waals surface area contributed by atoms with Crippen molar-refractivity contribution in [3.05, 3.63) is 94.8 Å². The largest absolute Gasteiger partial charge is 0.416 e. The van der Waals surface area contributed by atoms with Crippen LogP contribution in [0.1, 0.15) is 32.7 Å². The van der Waals surface area contributed by atoms with Gasteiger partial charge in [-0.05, 0) is 42.8 Å². The molecule has 1 amide bonds. The van der Waals surface area contributed by atoms with Gasteiger partial charge in [0.25, 0.3) is 5.91 Å². The van der Waals surface area contributed by atoms with Gasteiger partial charge in [0.05, 0.1) is 18.7 Å². The molecule has 0 saturated heterocycles. The molecular weight excluding hydrogens is 405 g/mol. The lowest BCUT2D eigenvalue weighted by atomic mass is 10.1. The molecule has 0 aliphatic rings. The second-order valence-electron chi connectivity index (χ2n) is 7.41. The molecule has 0 N–H and O–H groups in total. The number of aryl methyl sites for hydroxylation is 1. The molecule has 4 nitrogen and oxygen atoms in total. The number of alkyl halides is 3. The molecule has 0 bridgehead atoms. The molecule has 2 aromatic carbocycles. The maximum Gasteiger partial charge on any atom is 0.416 e. The Bertz CT molecular complexity index is 1030. The fourth-order valence-corrected chi connectivity index (χ4v) is 3.42. The van der Waals surface area contributed by atoms with Crippen LogP contribution in [0, 0.1) is 6.92 Å². The van der Waals surface area contributed by atoms with Gasteiger partial charge in [-0.2, -0.15) is 13.2 Å². The van der Waals surface area contributed by atoms with Crippen molar-refractivity contribution in [2.24, 2.45) is 0 Å². The Balaban J connectivity index is 1.83. The fourth-order valence-electron chi connectivity index (χ4n) is 3.42. The second kappa shape index (κ2) is 9.83. The zero-order chi connectivity index (χ0) is 22.4. The summed E-state index contributed by atoms with van der Waals surface area (Å²) in [5.74, 6) is -0.466. The lowest BCUT2D eigenvalue weighted by Crippen LogP contribution is -2.34. The first-order chi connectivity index (χ1) is 14.8. The molecule has 0 fully saturated rings. The summed E-state index contributed by atoms with van der Waals surface area (Å²) < 4.78 is 46.4. The Hall–Kier alpha value is -3.06. The third kappa shape index (κ3) is 5.98. The minimum atomic E-state index is -4.50. The molecule has 164 valence electrons. The molecule has 0 radical (unpaired) electrons. The third-order valence-corrected chi connectivity index (χ3v) is 5.00. The van der Waals surface area contributed by atoms with Crippen LogP contribution in [0.5, 0.6) is 0 Å². The smallest absolute Gasteiger partial charge is 0.383 e. The quantitative estimate of drug-likeness (QED) is 0.495. The van der Waals surface area contributed by atoms with Crippen molar-refractivity contribution in [2.75, 3.05) is 20.3 Å². The molecule has 7 heteroatoms. The van der Waals surface area contributed by atoms with Gasteiger partial charge < -0.3 is 14.2 Å². The maximum atomic E-state index is 13.1. The van der Waals surface area contributed by atoms with Gasteiger partial charge in [-0.3, -0.25) is 4.79 Å². The molecule has 0 atom stereocenters. The molecule has 0 aliphatic heterocycles. The highest BCUT2D eigenvalue weighted by atomic mass is 19.4. The van der Waals surface area contributed by atoms with Crippen molar-refractivity contribution in [1.29, 1.82) is 0 Å². The van der Waals surface area contributed by atoms with E-state index in [9.17, 15) is 18.0 Å². The summed E-state index contributed by atoms with van der Waals surface area (Å²) in [7, 11) is 1.52. The number of halogens is 3. The summed E-state index contributed by atoms with van der Waals surface area (Å²) in [5.41, 5.74) is 2.34. The first-order valence-electron chi connectivity index (χ1n) is 9.93. The zero-order valence-corrected chi connectivity index (χ0v) is 17.5. The summed E-state index contributed by atoms with van der Waals surface area (Å²) in [5, 5.41) is 0. The first-order valence-corrected chi connectivity index (χ1v) is 9.93. The molecule has 0 spiro atoms. The number of ether oxygens (including phenoxy) is 1. The van der Waals surface area contributed by atoms with E-state index in [0.717, 1.165) is 29.0 Å². The number of aromatic nitrogens is 1. The lowest BCUT2D eigenvalue weighted by Gasteiger charge is -2.24. The maximum absolute atomic E-state index is 13.1. The number of hydrogen-bond donors (Lipinski definition) is 0. The standard InChI is InChI=1S/C24H25F3N2O2/c1-18-6-3-7-19(14-18)16-28-11-5-10-22(28)17-29(12-13-31-2)23(30)20-8-4-9-21(15-20)24(25,26)27/h3-11,14-15H,12-13,16-17H2,1-2H3. The zero-order valence-electron chi connectivity index (χ0n) is 17.5. The van der Waals surface area contributed by atoms with E-state index in [1.54, 1.807) is 0 Å². The molecule has 3 aromatic rings. The van der Waals surface area contributed by atoms with Crippen LogP contribution in [0.2, 0.25) is 0 Å². The summed E-state index contributed by atoms with van der Waals surface area (Å²) in [6.45, 7) is 3.47.